The number of likely N-dealkylation sites (tertiary alicyclic amines) is 1. The molecule has 1 aliphatic heterocycles. The highest BCUT2D eigenvalue weighted by molar-refractivity contribution is 5.78. The number of amides is 1. The van der Waals surface area contributed by atoms with Gasteiger partial charge in [0.25, 0.3) is 0 Å². The van der Waals surface area contributed by atoms with E-state index in [-0.39, 0.29) is 18.2 Å². The summed E-state index contributed by atoms with van der Waals surface area (Å²) in [4.78, 5) is 29.6. The summed E-state index contributed by atoms with van der Waals surface area (Å²) in [5.41, 5.74) is 2.13. The van der Waals surface area contributed by atoms with Crippen molar-refractivity contribution in [3.8, 4) is 11.3 Å². The minimum atomic E-state index is -0.829. The van der Waals surface area contributed by atoms with Gasteiger partial charge >= 0.3 is 5.97 Å². The quantitative estimate of drug-likeness (QED) is 0.890. The second-order valence-corrected chi connectivity index (χ2v) is 7.16. The molecule has 1 aliphatic rings. The molecule has 138 valence electrons. The van der Waals surface area contributed by atoms with Gasteiger partial charge < -0.3 is 14.4 Å². The van der Waals surface area contributed by atoms with Crippen LogP contribution < -0.4 is 0 Å². The van der Waals surface area contributed by atoms with E-state index in [0.29, 0.717) is 37.6 Å². The first-order valence-corrected chi connectivity index (χ1v) is 8.94. The van der Waals surface area contributed by atoms with Crippen LogP contribution in [0.25, 0.3) is 11.3 Å². The van der Waals surface area contributed by atoms with Crippen molar-refractivity contribution in [2.24, 2.45) is 11.8 Å². The topological polar surface area (TPSA) is 83.6 Å². The first kappa shape index (κ1) is 18.2. The number of benzene rings is 1. The van der Waals surface area contributed by atoms with Crippen LogP contribution in [0.5, 0.6) is 0 Å². The van der Waals surface area contributed by atoms with Gasteiger partial charge in [0.2, 0.25) is 5.91 Å². The monoisotopic (exact) mass is 356 g/mol. The molecule has 2 heterocycles. The largest absolute Gasteiger partial charge is 0.481 e. The summed E-state index contributed by atoms with van der Waals surface area (Å²) in [6.07, 6.45) is 2.98. The molecule has 6 heteroatoms. The molecule has 2 unspecified atom stereocenters. The SMILES string of the molecule is Cc1ccc(-c2cnc(CCC(=O)N3CC(C)CC(C(=O)O)C3)o2)cc1. The van der Waals surface area contributed by atoms with Crippen LogP contribution in [0.2, 0.25) is 0 Å². The molecular weight excluding hydrogens is 332 g/mol. The summed E-state index contributed by atoms with van der Waals surface area (Å²) in [7, 11) is 0. The van der Waals surface area contributed by atoms with Gasteiger partial charge in [-0.3, -0.25) is 9.59 Å². The second-order valence-electron chi connectivity index (χ2n) is 7.16. The Bertz CT molecular complexity index is 781. The van der Waals surface area contributed by atoms with Gasteiger partial charge in [-0.25, -0.2) is 4.98 Å². The van der Waals surface area contributed by atoms with Crippen molar-refractivity contribution in [1.29, 1.82) is 0 Å². The fourth-order valence-corrected chi connectivity index (χ4v) is 3.38. The maximum Gasteiger partial charge on any atom is 0.308 e. The lowest BCUT2D eigenvalue weighted by atomic mass is 9.90. The Balaban J connectivity index is 1.58. The summed E-state index contributed by atoms with van der Waals surface area (Å²) in [6.45, 7) is 4.91. The van der Waals surface area contributed by atoms with Gasteiger partial charge in [0, 0.05) is 31.5 Å². The zero-order valence-electron chi connectivity index (χ0n) is 15.1. The number of piperidine rings is 1. The molecule has 0 radical (unpaired) electrons. The van der Waals surface area contributed by atoms with Crippen molar-refractivity contribution in [2.75, 3.05) is 13.1 Å². The number of carbonyl (C=O) groups is 2. The molecule has 26 heavy (non-hydrogen) atoms. The minimum absolute atomic E-state index is 0.0436. The predicted octanol–water partition coefficient (Wildman–Crippen LogP) is 3.15. The van der Waals surface area contributed by atoms with Crippen LogP contribution in [-0.2, 0) is 16.0 Å². The van der Waals surface area contributed by atoms with E-state index in [1.807, 2.05) is 38.1 Å². The lowest BCUT2D eigenvalue weighted by Gasteiger charge is -2.34. The maximum absolute atomic E-state index is 12.5. The van der Waals surface area contributed by atoms with Gasteiger partial charge in [-0.2, -0.15) is 0 Å². The Morgan fingerprint density at radius 3 is 2.69 bits per heavy atom. The van der Waals surface area contributed by atoms with Gasteiger partial charge in [-0.05, 0) is 19.3 Å². The van der Waals surface area contributed by atoms with Crippen molar-refractivity contribution in [1.82, 2.24) is 9.88 Å². The van der Waals surface area contributed by atoms with Crippen molar-refractivity contribution >= 4 is 11.9 Å². The summed E-state index contributed by atoms with van der Waals surface area (Å²) in [6, 6.07) is 7.98. The minimum Gasteiger partial charge on any atom is -0.481 e. The van der Waals surface area contributed by atoms with Crippen LogP contribution in [0.3, 0.4) is 0 Å². The molecule has 1 saturated heterocycles. The first-order valence-electron chi connectivity index (χ1n) is 8.94. The van der Waals surface area contributed by atoms with E-state index in [1.165, 1.54) is 5.56 Å². The second kappa shape index (κ2) is 7.72. The van der Waals surface area contributed by atoms with Crippen LogP contribution in [0, 0.1) is 18.8 Å². The Hall–Kier alpha value is -2.63. The normalized spacial score (nSPS) is 20.2. The summed E-state index contributed by atoms with van der Waals surface area (Å²) in [5, 5.41) is 9.23. The fraction of sp³-hybridized carbons (Fsp3) is 0.450. The molecular formula is C20H24N2O4. The zero-order chi connectivity index (χ0) is 18.7. The van der Waals surface area contributed by atoms with Crippen LogP contribution >= 0.6 is 0 Å². The number of carbonyl (C=O) groups excluding carboxylic acids is 1. The molecule has 1 amide bonds. The van der Waals surface area contributed by atoms with Crippen molar-refractivity contribution in [3.05, 3.63) is 41.9 Å². The fourth-order valence-electron chi connectivity index (χ4n) is 3.38. The number of hydrogen-bond acceptors (Lipinski definition) is 4. The Labute approximate surface area is 152 Å². The van der Waals surface area contributed by atoms with E-state index in [4.69, 9.17) is 4.42 Å². The molecule has 0 saturated carbocycles. The average Bonchev–Trinajstić information content (AvgIpc) is 3.08. The Morgan fingerprint density at radius 2 is 2.00 bits per heavy atom. The van der Waals surface area contributed by atoms with Crippen molar-refractivity contribution in [3.63, 3.8) is 0 Å². The van der Waals surface area contributed by atoms with E-state index in [2.05, 4.69) is 4.98 Å². The molecule has 0 spiro atoms. The van der Waals surface area contributed by atoms with Crippen molar-refractivity contribution in [2.45, 2.75) is 33.1 Å². The van der Waals surface area contributed by atoms with Crippen LogP contribution in [0.1, 0.15) is 31.2 Å². The number of carboxylic acids is 1. The van der Waals surface area contributed by atoms with Gasteiger partial charge in [-0.1, -0.05) is 36.8 Å². The van der Waals surface area contributed by atoms with Gasteiger partial charge in [0.15, 0.2) is 11.7 Å². The number of oxazole rings is 1. The van der Waals surface area contributed by atoms with Crippen LogP contribution in [0.15, 0.2) is 34.9 Å². The average molecular weight is 356 g/mol. The summed E-state index contributed by atoms with van der Waals surface area (Å²) >= 11 is 0. The molecule has 0 bridgehead atoms. The smallest absolute Gasteiger partial charge is 0.308 e. The molecule has 1 aromatic carbocycles. The van der Waals surface area contributed by atoms with Crippen LogP contribution in [0.4, 0.5) is 0 Å². The summed E-state index contributed by atoms with van der Waals surface area (Å²) in [5.74, 6) is 0.0580. The molecule has 1 N–H and O–H groups in total. The third-order valence-electron chi connectivity index (χ3n) is 4.80. The number of nitrogens with zero attached hydrogens (tertiary/aromatic N) is 2. The highest BCUT2D eigenvalue weighted by Crippen LogP contribution is 2.24. The highest BCUT2D eigenvalue weighted by Gasteiger charge is 2.31. The number of aromatic nitrogens is 1. The van der Waals surface area contributed by atoms with Gasteiger partial charge in [0.05, 0.1) is 12.1 Å². The zero-order valence-corrected chi connectivity index (χ0v) is 15.1. The molecule has 3 rings (SSSR count). The van der Waals surface area contributed by atoms with E-state index >= 15 is 0 Å². The molecule has 2 atom stereocenters. The predicted molar refractivity (Wildman–Crippen MR) is 96.5 cm³/mol. The van der Waals surface area contributed by atoms with Crippen LogP contribution in [-0.4, -0.2) is 40.0 Å². The molecule has 2 aromatic rings. The van der Waals surface area contributed by atoms with E-state index < -0.39 is 11.9 Å². The van der Waals surface area contributed by atoms with E-state index in [0.717, 1.165) is 5.56 Å². The lowest BCUT2D eigenvalue weighted by molar-refractivity contribution is -0.146. The number of aliphatic carboxylic acids is 1. The van der Waals surface area contributed by atoms with E-state index in [1.54, 1.807) is 11.1 Å². The first-order chi connectivity index (χ1) is 12.4. The van der Waals surface area contributed by atoms with E-state index in [9.17, 15) is 14.7 Å². The molecule has 0 aliphatic carbocycles. The molecule has 1 fully saturated rings. The number of hydrogen-bond donors (Lipinski definition) is 1. The molecule has 6 nitrogen and oxygen atoms in total. The third-order valence-corrected chi connectivity index (χ3v) is 4.80. The third kappa shape index (κ3) is 4.31. The Kier molecular flexibility index (Phi) is 5.40. The Morgan fingerprint density at radius 1 is 1.27 bits per heavy atom. The van der Waals surface area contributed by atoms with Crippen molar-refractivity contribution < 1.29 is 19.1 Å². The van der Waals surface area contributed by atoms with Gasteiger partial charge in [-0.15, -0.1) is 0 Å². The number of carboxylic acid groups (broad SMARTS) is 1. The highest BCUT2D eigenvalue weighted by atomic mass is 16.4. The number of aryl methyl sites for hydroxylation is 2. The summed E-state index contributed by atoms with van der Waals surface area (Å²) < 4.78 is 5.75. The lowest BCUT2D eigenvalue weighted by Crippen LogP contribution is -2.45. The number of rotatable bonds is 5. The standard InChI is InChI=1S/C20H24N2O4/c1-13-3-5-15(6-4-13)17-10-21-18(26-17)7-8-19(23)22-11-14(2)9-16(12-22)20(24)25/h3-6,10,14,16H,7-9,11-12H2,1-2H3,(H,24,25). The maximum atomic E-state index is 12.5. The van der Waals surface area contributed by atoms with Gasteiger partial charge in [0.1, 0.15) is 0 Å². The molecule has 1 aromatic heterocycles.